The predicted octanol–water partition coefficient (Wildman–Crippen LogP) is 3.38. The van der Waals surface area contributed by atoms with Gasteiger partial charge in [0, 0.05) is 22.7 Å². The van der Waals surface area contributed by atoms with Crippen molar-refractivity contribution in [2.45, 2.75) is 13.0 Å². The zero-order valence-corrected chi connectivity index (χ0v) is 13.8. The zero-order valence-electron chi connectivity index (χ0n) is 13.0. The van der Waals surface area contributed by atoms with E-state index < -0.39 is 34.4 Å². The molecular weight excluding hydrogens is 351 g/mol. The molecule has 0 saturated heterocycles. The summed E-state index contributed by atoms with van der Waals surface area (Å²) in [6, 6.07) is 6.57. The molecular formula is C16H13FN2O5S. The predicted molar refractivity (Wildman–Crippen MR) is 90.6 cm³/mol. The summed E-state index contributed by atoms with van der Waals surface area (Å²) in [5.74, 6) is -2.42. The second-order valence-corrected chi connectivity index (χ2v) is 5.82. The highest BCUT2D eigenvalue weighted by molar-refractivity contribution is 7.10. The Morgan fingerprint density at radius 2 is 2.16 bits per heavy atom. The highest BCUT2D eigenvalue weighted by atomic mass is 32.1. The molecule has 0 bridgehead atoms. The van der Waals surface area contributed by atoms with Gasteiger partial charge in [0.05, 0.1) is 4.92 Å². The minimum atomic E-state index is -1.13. The molecule has 25 heavy (non-hydrogen) atoms. The first kappa shape index (κ1) is 18.3. The van der Waals surface area contributed by atoms with Crippen LogP contribution in [0.1, 0.15) is 11.8 Å². The number of hydrogen-bond donors (Lipinski definition) is 1. The van der Waals surface area contributed by atoms with Crippen LogP contribution < -0.4 is 5.32 Å². The Kier molecular flexibility index (Phi) is 5.96. The molecule has 0 spiro atoms. The molecule has 130 valence electrons. The monoisotopic (exact) mass is 364 g/mol. The lowest BCUT2D eigenvalue weighted by Gasteiger charge is -2.12. The number of halogens is 1. The number of nitro groups is 1. The third kappa shape index (κ3) is 5.21. The normalized spacial score (nSPS) is 11.9. The van der Waals surface area contributed by atoms with E-state index in [0.29, 0.717) is 0 Å². The molecule has 0 aliphatic rings. The second-order valence-electron chi connectivity index (χ2n) is 4.84. The van der Waals surface area contributed by atoms with Crippen LogP contribution in [0.5, 0.6) is 0 Å². The average Bonchev–Trinajstić information content (AvgIpc) is 3.07. The number of hydrogen-bond acceptors (Lipinski definition) is 6. The van der Waals surface area contributed by atoms with E-state index in [1.807, 2.05) is 17.5 Å². The van der Waals surface area contributed by atoms with E-state index >= 15 is 0 Å². The Morgan fingerprint density at radius 1 is 1.40 bits per heavy atom. The van der Waals surface area contributed by atoms with Crippen LogP contribution in [0.15, 0.2) is 41.8 Å². The fraction of sp³-hybridized carbons (Fsp3) is 0.125. The summed E-state index contributed by atoms with van der Waals surface area (Å²) >= 11 is 1.44. The first-order valence-corrected chi connectivity index (χ1v) is 7.92. The average molecular weight is 364 g/mol. The maximum atomic E-state index is 13.3. The molecule has 0 radical (unpaired) electrons. The quantitative estimate of drug-likeness (QED) is 0.367. The number of carbonyl (C=O) groups excluding carboxylic acids is 2. The van der Waals surface area contributed by atoms with Gasteiger partial charge in [-0.05, 0) is 36.6 Å². The van der Waals surface area contributed by atoms with Crippen molar-refractivity contribution < 1.29 is 23.6 Å². The van der Waals surface area contributed by atoms with E-state index in [4.69, 9.17) is 4.74 Å². The molecule has 1 heterocycles. The maximum absolute atomic E-state index is 13.3. The number of nitro benzene ring substituents is 1. The van der Waals surface area contributed by atoms with E-state index in [1.54, 1.807) is 6.08 Å². The Morgan fingerprint density at radius 3 is 2.80 bits per heavy atom. The first-order valence-electron chi connectivity index (χ1n) is 7.04. The molecule has 1 amide bonds. The summed E-state index contributed by atoms with van der Waals surface area (Å²) in [5.41, 5.74) is -0.739. The van der Waals surface area contributed by atoms with Crippen molar-refractivity contribution in [1.29, 1.82) is 0 Å². The Labute approximate surface area is 145 Å². The molecule has 0 saturated carbocycles. The number of nitrogens with zero attached hydrogens (tertiary/aromatic N) is 1. The van der Waals surface area contributed by atoms with Gasteiger partial charge in [-0.25, -0.2) is 4.79 Å². The van der Waals surface area contributed by atoms with E-state index in [2.05, 4.69) is 5.32 Å². The lowest BCUT2D eigenvalue weighted by Crippen LogP contribution is -2.29. The van der Waals surface area contributed by atoms with Gasteiger partial charge in [0.25, 0.3) is 5.91 Å². The second kappa shape index (κ2) is 8.15. The van der Waals surface area contributed by atoms with Gasteiger partial charge < -0.3 is 10.1 Å². The third-order valence-electron chi connectivity index (χ3n) is 3.00. The van der Waals surface area contributed by atoms with Crippen LogP contribution in [0.25, 0.3) is 6.08 Å². The van der Waals surface area contributed by atoms with Crippen LogP contribution in [-0.2, 0) is 14.3 Å². The minimum Gasteiger partial charge on any atom is -0.449 e. The van der Waals surface area contributed by atoms with Crippen molar-refractivity contribution in [2.75, 3.05) is 5.32 Å². The fourth-order valence-electron chi connectivity index (χ4n) is 1.78. The van der Waals surface area contributed by atoms with Crippen molar-refractivity contribution in [3.63, 3.8) is 0 Å². The van der Waals surface area contributed by atoms with Crippen molar-refractivity contribution >= 4 is 40.7 Å². The molecule has 2 aromatic rings. The Hall–Kier alpha value is -3.07. The van der Waals surface area contributed by atoms with Gasteiger partial charge in [0.2, 0.25) is 5.82 Å². The van der Waals surface area contributed by atoms with Crippen LogP contribution >= 0.6 is 11.3 Å². The number of benzene rings is 1. The highest BCUT2D eigenvalue weighted by Crippen LogP contribution is 2.21. The molecule has 1 aromatic carbocycles. The van der Waals surface area contributed by atoms with Crippen LogP contribution in [0.2, 0.25) is 0 Å². The number of thiophene rings is 1. The first-order chi connectivity index (χ1) is 11.9. The van der Waals surface area contributed by atoms with E-state index in [0.717, 1.165) is 17.0 Å². The van der Waals surface area contributed by atoms with E-state index in [-0.39, 0.29) is 5.69 Å². The molecule has 0 fully saturated rings. The number of carbonyl (C=O) groups is 2. The van der Waals surface area contributed by atoms with Crippen LogP contribution in [0.3, 0.4) is 0 Å². The number of ether oxygens (including phenoxy) is 1. The lowest BCUT2D eigenvalue weighted by atomic mass is 10.2. The van der Waals surface area contributed by atoms with Gasteiger partial charge >= 0.3 is 11.7 Å². The molecule has 1 aromatic heterocycles. The van der Waals surface area contributed by atoms with Crippen LogP contribution in [-0.4, -0.2) is 22.9 Å². The number of amides is 1. The molecule has 9 heteroatoms. The third-order valence-corrected chi connectivity index (χ3v) is 3.84. The van der Waals surface area contributed by atoms with Gasteiger partial charge in [-0.1, -0.05) is 6.07 Å². The van der Waals surface area contributed by atoms with Gasteiger partial charge in [-0.3, -0.25) is 14.9 Å². The summed E-state index contributed by atoms with van der Waals surface area (Å²) in [7, 11) is 0. The molecule has 2 rings (SSSR count). The lowest BCUT2D eigenvalue weighted by molar-refractivity contribution is -0.387. The highest BCUT2D eigenvalue weighted by Gasteiger charge is 2.19. The van der Waals surface area contributed by atoms with Crippen molar-refractivity contribution in [3.05, 3.63) is 62.6 Å². The Balaban J connectivity index is 1.95. The van der Waals surface area contributed by atoms with Gasteiger partial charge in [0.1, 0.15) is 0 Å². The number of anilines is 1. The molecule has 1 N–H and O–H groups in total. The van der Waals surface area contributed by atoms with E-state index in [9.17, 15) is 24.1 Å². The Bertz CT molecular complexity index is 820. The molecule has 7 nitrogen and oxygen atoms in total. The number of nitrogens with one attached hydrogen (secondary N) is 1. The summed E-state index contributed by atoms with van der Waals surface area (Å²) < 4.78 is 18.2. The SMILES string of the molecule is CC(OC(=O)/C=C/c1cccs1)C(=O)Nc1ccc(F)c([N+](=O)[O-])c1. The molecule has 0 aliphatic heterocycles. The molecule has 0 aliphatic carbocycles. The van der Waals surface area contributed by atoms with Crippen LogP contribution in [0.4, 0.5) is 15.8 Å². The summed E-state index contributed by atoms with van der Waals surface area (Å²) in [4.78, 5) is 34.3. The van der Waals surface area contributed by atoms with Crippen molar-refractivity contribution in [3.8, 4) is 0 Å². The zero-order chi connectivity index (χ0) is 18.4. The number of esters is 1. The van der Waals surface area contributed by atoms with Gasteiger partial charge in [0.15, 0.2) is 6.10 Å². The van der Waals surface area contributed by atoms with Gasteiger partial charge in [-0.2, -0.15) is 4.39 Å². The summed E-state index contributed by atoms with van der Waals surface area (Å²) in [6.45, 7) is 1.35. The van der Waals surface area contributed by atoms with Gasteiger partial charge in [-0.15, -0.1) is 11.3 Å². The van der Waals surface area contributed by atoms with Crippen molar-refractivity contribution in [1.82, 2.24) is 0 Å². The maximum Gasteiger partial charge on any atom is 0.331 e. The summed E-state index contributed by atoms with van der Waals surface area (Å²) in [5, 5.41) is 14.9. The smallest absolute Gasteiger partial charge is 0.331 e. The topological polar surface area (TPSA) is 98.5 Å². The molecule has 1 unspecified atom stereocenters. The fourth-order valence-corrected chi connectivity index (χ4v) is 2.40. The summed E-state index contributed by atoms with van der Waals surface area (Å²) in [6.07, 6.45) is 1.61. The minimum absolute atomic E-state index is 0.0233. The van der Waals surface area contributed by atoms with Crippen LogP contribution in [0, 0.1) is 15.9 Å². The molecule has 1 atom stereocenters. The largest absolute Gasteiger partial charge is 0.449 e. The van der Waals surface area contributed by atoms with Crippen molar-refractivity contribution in [2.24, 2.45) is 0 Å². The standard InChI is InChI=1S/C16H13FN2O5S/c1-10(24-15(20)7-5-12-3-2-8-25-12)16(21)18-11-4-6-13(17)14(9-11)19(22)23/h2-10H,1H3,(H,18,21)/b7-5+. The number of rotatable bonds is 6. The van der Waals surface area contributed by atoms with E-state index in [1.165, 1.54) is 30.4 Å².